The molecule has 0 unspecified atom stereocenters. The van der Waals surface area contributed by atoms with E-state index in [2.05, 4.69) is 62.4 Å². The van der Waals surface area contributed by atoms with Crippen LogP contribution in [0.25, 0.3) is 10.8 Å². The Kier molecular flexibility index (Phi) is 6.77. The van der Waals surface area contributed by atoms with E-state index in [9.17, 15) is 5.26 Å². The maximum Gasteiger partial charge on any atom is 0.318 e. The number of aromatic nitrogens is 3. The van der Waals surface area contributed by atoms with Crippen molar-refractivity contribution in [3.05, 3.63) is 47.9 Å². The third kappa shape index (κ3) is 4.91. The number of likely N-dealkylation sites (tertiary alicyclic amines) is 1. The summed E-state index contributed by atoms with van der Waals surface area (Å²) in [5.41, 5.74) is 3.36. The normalized spacial score (nSPS) is 22.2. The molecule has 0 saturated carbocycles. The molecule has 3 aliphatic heterocycles. The largest absolute Gasteiger partial charge is 0.462 e. The second-order valence-electron chi connectivity index (χ2n) is 10.4. The smallest absolute Gasteiger partial charge is 0.318 e. The van der Waals surface area contributed by atoms with Gasteiger partial charge in [0.1, 0.15) is 12.4 Å². The van der Waals surface area contributed by atoms with E-state index in [4.69, 9.17) is 14.7 Å². The van der Waals surface area contributed by atoms with E-state index >= 15 is 0 Å². The minimum atomic E-state index is 0.141. The van der Waals surface area contributed by atoms with Crippen LogP contribution in [0.1, 0.15) is 30.5 Å². The quantitative estimate of drug-likeness (QED) is 0.551. The van der Waals surface area contributed by atoms with Crippen molar-refractivity contribution >= 4 is 22.3 Å². The van der Waals surface area contributed by atoms with Crippen LogP contribution in [0.3, 0.4) is 0 Å². The van der Waals surface area contributed by atoms with Gasteiger partial charge in [-0.15, -0.1) is 0 Å². The van der Waals surface area contributed by atoms with Crippen LogP contribution in [0.5, 0.6) is 6.01 Å². The molecule has 37 heavy (non-hydrogen) atoms. The first kappa shape index (κ1) is 23.9. The lowest BCUT2D eigenvalue weighted by Gasteiger charge is -2.37. The first-order valence-electron chi connectivity index (χ1n) is 13.4. The lowest BCUT2D eigenvalue weighted by atomic mass is 10.0. The molecule has 2 saturated heterocycles. The highest BCUT2D eigenvalue weighted by Crippen LogP contribution is 2.34. The molecule has 2 fully saturated rings. The lowest BCUT2D eigenvalue weighted by molar-refractivity contribution is 0.187. The molecule has 1 N–H and O–H groups in total. The highest BCUT2D eigenvalue weighted by molar-refractivity contribution is 5.93. The summed E-state index contributed by atoms with van der Waals surface area (Å²) in [5, 5.41) is 15.1. The SMILES string of the molecule is CN1CCC[C@H]1COc1nc2c(c(N3CCN[C@@H](CC#N)C3)n1)CCN(c1cncc3ccccc13)C2. The van der Waals surface area contributed by atoms with Crippen molar-refractivity contribution in [1.29, 1.82) is 5.26 Å². The zero-order valence-electron chi connectivity index (χ0n) is 21.4. The van der Waals surface area contributed by atoms with Gasteiger partial charge in [-0.2, -0.15) is 15.2 Å². The number of pyridine rings is 1. The molecular formula is C28H34N8O. The van der Waals surface area contributed by atoms with Gasteiger partial charge >= 0.3 is 6.01 Å². The number of anilines is 2. The van der Waals surface area contributed by atoms with Gasteiger partial charge in [-0.3, -0.25) is 4.98 Å². The Hall–Kier alpha value is -3.48. The topological polar surface area (TPSA) is 93.4 Å². The summed E-state index contributed by atoms with van der Waals surface area (Å²) in [4.78, 5) is 21.5. The number of nitrogens with one attached hydrogen (secondary N) is 1. The molecule has 192 valence electrons. The van der Waals surface area contributed by atoms with Gasteiger partial charge in [-0.25, -0.2) is 0 Å². The van der Waals surface area contributed by atoms with Crippen molar-refractivity contribution < 1.29 is 4.74 Å². The van der Waals surface area contributed by atoms with Gasteiger partial charge in [0.05, 0.1) is 36.6 Å². The number of likely N-dealkylation sites (N-methyl/N-ethyl adjacent to an activating group) is 1. The fraction of sp³-hybridized carbons (Fsp3) is 0.500. The van der Waals surface area contributed by atoms with E-state index < -0.39 is 0 Å². The van der Waals surface area contributed by atoms with Gasteiger partial charge in [0.2, 0.25) is 0 Å². The molecule has 0 aliphatic carbocycles. The van der Waals surface area contributed by atoms with Gasteiger partial charge in [-0.05, 0) is 32.9 Å². The van der Waals surface area contributed by atoms with Crippen molar-refractivity contribution in [1.82, 2.24) is 25.2 Å². The van der Waals surface area contributed by atoms with Crippen LogP contribution < -0.4 is 19.9 Å². The number of rotatable bonds is 6. The number of piperazine rings is 1. The zero-order chi connectivity index (χ0) is 25.2. The molecule has 5 heterocycles. The molecule has 3 aliphatic rings. The summed E-state index contributed by atoms with van der Waals surface area (Å²) in [5.74, 6) is 0.972. The van der Waals surface area contributed by atoms with E-state index in [-0.39, 0.29) is 6.04 Å². The van der Waals surface area contributed by atoms with Crippen LogP contribution in [-0.4, -0.2) is 78.3 Å². The van der Waals surface area contributed by atoms with Crippen molar-refractivity contribution in [3.8, 4) is 12.1 Å². The second-order valence-corrected chi connectivity index (χ2v) is 10.4. The Morgan fingerprint density at radius 3 is 2.92 bits per heavy atom. The van der Waals surface area contributed by atoms with Crippen LogP contribution in [0.2, 0.25) is 0 Å². The summed E-state index contributed by atoms with van der Waals surface area (Å²) in [6.07, 6.45) is 7.58. The van der Waals surface area contributed by atoms with Crippen LogP contribution in [0, 0.1) is 11.3 Å². The average Bonchev–Trinajstić information content (AvgIpc) is 3.35. The molecule has 9 nitrogen and oxygen atoms in total. The summed E-state index contributed by atoms with van der Waals surface area (Å²) in [6, 6.07) is 11.7. The van der Waals surface area contributed by atoms with E-state index in [0.29, 0.717) is 31.6 Å². The van der Waals surface area contributed by atoms with Crippen LogP contribution in [0.15, 0.2) is 36.7 Å². The number of hydrogen-bond donors (Lipinski definition) is 1. The van der Waals surface area contributed by atoms with Crippen LogP contribution in [-0.2, 0) is 13.0 Å². The highest BCUT2D eigenvalue weighted by Gasteiger charge is 2.30. The van der Waals surface area contributed by atoms with E-state index in [1.807, 2.05) is 12.4 Å². The van der Waals surface area contributed by atoms with Gasteiger partial charge in [0, 0.05) is 60.8 Å². The van der Waals surface area contributed by atoms with Gasteiger partial charge in [-0.1, -0.05) is 24.3 Å². The molecule has 0 bridgehead atoms. The highest BCUT2D eigenvalue weighted by atomic mass is 16.5. The van der Waals surface area contributed by atoms with Crippen molar-refractivity contribution in [3.63, 3.8) is 0 Å². The minimum Gasteiger partial charge on any atom is -0.462 e. The number of fused-ring (bicyclic) bond motifs is 2. The van der Waals surface area contributed by atoms with Crippen LogP contribution in [0.4, 0.5) is 11.5 Å². The number of nitrogens with zero attached hydrogens (tertiary/aromatic N) is 7. The summed E-state index contributed by atoms with van der Waals surface area (Å²) in [6.45, 7) is 5.73. The average molecular weight is 499 g/mol. The Morgan fingerprint density at radius 2 is 2.05 bits per heavy atom. The Balaban J connectivity index is 1.32. The number of hydrogen-bond acceptors (Lipinski definition) is 9. The molecule has 1 aromatic carbocycles. The summed E-state index contributed by atoms with van der Waals surface area (Å²) >= 11 is 0. The predicted octanol–water partition coefficient (Wildman–Crippen LogP) is 2.75. The zero-order valence-corrected chi connectivity index (χ0v) is 21.4. The summed E-state index contributed by atoms with van der Waals surface area (Å²) < 4.78 is 6.25. The first-order chi connectivity index (χ1) is 18.2. The second kappa shape index (κ2) is 10.5. The molecule has 2 atom stereocenters. The third-order valence-corrected chi connectivity index (χ3v) is 7.98. The monoisotopic (exact) mass is 498 g/mol. The van der Waals surface area contributed by atoms with Crippen molar-refractivity contribution in [2.75, 3.05) is 56.2 Å². The first-order valence-corrected chi connectivity index (χ1v) is 13.4. The predicted molar refractivity (Wildman–Crippen MR) is 144 cm³/mol. The van der Waals surface area contributed by atoms with Gasteiger partial charge in [0.15, 0.2) is 0 Å². The fourth-order valence-electron chi connectivity index (χ4n) is 5.90. The molecule has 6 rings (SSSR count). The lowest BCUT2D eigenvalue weighted by Crippen LogP contribution is -2.51. The third-order valence-electron chi connectivity index (χ3n) is 7.98. The maximum atomic E-state index is 9.25. The fourth-order valence-corrected chi connectivity index (χ4v) is 5.90. The molecule has 3 aromatic rings. The number of benzene rings is 1. The molecule has 0 amide bonds. The number of nitriles is 1. The van der Waals surface area contributed by atoms with Crippen molar-refractivity contribution in [2.24, 2.45) is 0 Å². The Labute approximate surface area is 218 Å². The Bertz CT molecular complexity index is 1300. The van der Waals surface area contributed by atoms with E-state index in [1.54, 1.807) is 0 Å². The maximum absolute atomic E-state index is 9.25. The molecule has 2 aromatic heterocycles. The van der Waals surface area contributed by atoms with E-state index in [1.165, 1.54) is 17.4 Å². The standard InChI is InChI=1S/C28H34N8O/c1-34-12-4-6-22(34)19-37-28-32-25-18-35(26-16-30-15-20-5-2-3-7-23(20)26)13-9-24(25)27(33-28)36-14-11-31-21(17-36)8-10-29/h2-3,5,7,15-16,21-22,31H,4,6,8-9,11-14,17-19H2,1H3/t21-,22-/m0/s1. The number of ether oxygens (including phenoxy) is 1. The van der Waals surface area contributed by atoms with Crippen molar-refractivity contribution in [2.45, 2.75) is 44.3 Å². The molecule has 0 spiro atoms. The molecular weight excluding hydrogens is 464 g/mol. The van der Waals surface area contributed by atoms with E-state index in [0.717, 1.165) is 68.2 Å². The van der Waals surface area contributed by atoms with Gasteiger partial charge in [0.25, 0.3) is 0 Å². The van der Waals surface area contributed by atoms with Crippen LogP contribution >= 0.6 is 0 Å². The molecule has 0 radical (unpaired) electrons. The minimum absolute atomic E-state index is 0.141. The summed E-state index contributed by atoms with van der Waals surface area (Å²) in [7, 11) is 2.16. The Morgan fingerprint density at radius 1 is 1.14 bits per heavy atom. The molecule has 9 heteroatoms. The van der Waals surface area contributed by atoms with Gasteiger partial charge < -0.3 is 24.8 Å².